The molecule has 0 saturated carbocycles. The summed E-state index contributed by atoms with van der Waals surface area (Å²) in [5, 5.41) is 14.8. The Morgan fingerprint density at radius 2 is 1.94 bits per heavy atom. The van der Waals surface area contributed by atoms with Gasteiger partial charge in [-0.3, -0.25) is 4.99 Å². The van der Waals surface area contributed by atoms with Crippen molar-refractivity contribution in [1.82, 2.24) is 15.4 Å². The standard InChI is InChI=1S/C20H30N4O6S/c1-13-5-8-15(9-6-13)31(28,29)24-18-21-12-11-14(22-18)7-10-16(17(25)26)23-19(27)30-20(2,3)4/h5-6,8-9,14,16H,7,10-12H2,1-4H3,(H,23,27)(H,25,26)(H2,21,22,24)/t14?,16-/m0/s1. The number of carboxylic acid groups (broad SMARTS) is 1. The van der Waals surface area contributed by atoms with E-state index in [0.717, 1.165) is 5.56 Å². The first kappa shape index (κ1) is 24.4. The molecule has 4 N–H and O–H groups in total. The zero-order valence-corrected chi connectivity index (χ0v) is 19.0. The third-order valence-electron chi connectivity index (χ3n) is 4.44. The van der Waals surface area contributed by atoms with Crippen molar-refractivity contribution in [3.63, 3.8) is 0 Å². The van der Waals surface area contributed by atoms with Crippen molar-refractivity contribution >= 4 is 28.0 Å². The predicted octanol–water partition coefficient (Wildman–Crippen LogP) is 1.75. The van der Waals surface area contributed by atoms with Crippen LogP contribution in [0.5, 0.6) is 0 Å². The van der Waals surface area contributed by atoms with Crippen molar-refractivity contribution < 1.29 is 27.9 Å². The summed E-state index contributed by atoms with van der Waals surface area (Å²) >= 11 is 0. The molecule has 1 aromatic carbocycles. The number of carboxylic acids is 1. The first-order valence-corrected chi connectivity index (χ1v) is 11.5. The lowest BCUT2D eigenvalue weighted by Gasteiger charge is -2.26. The molecule has 1 unspecified atom stereocenters. The molecule has 1 aliphatic rings. The maximum atomic E-state index is 12.5. The molecule has 0 aliphatic carbocycles. The average molecular weight is 455 g/mol. The molecule has 1 aliphatic heterocycles. The number of benzene rings is 1. The van der Waals surface area contributed by atoms with Gasteiger partial charge >= 0.3 is 12.1 Å². The van der Waals surface area contributed by atoms with Crippen LogP contribution in [-0.2, 0) is 19.6 Å². The largest absolute Gasteiger partial charge is 0.480 e. The molecule has 1 aromatic rings. The summed E-state index contributed by atoms with van der Waals surface area (Å²) < 4.78 is 32.6. The van der Waals surface area contributed by atoms with Gasteiger partial charge in [0.25, 0.3) is 10.0 Å². The molecule has 31 heavy (non-hydrogen) atoms. The molecule has 2 rings (SSSR count). The van der Waals surface area contributed by atoms with E-state index in [-0.39, 0.29) is 23.3 Å². The van der Waals surface area contributed by atoms with Gasteiger partial charge in [0.1, 0.15) is 11.6 Å². The van der Waals surface area contributed by atoms with Gasteiger partial charge in [0.15, 0.2) is 0 Å². The highest BCUT2D eigenvalue weighted by Crippen LogP contribution is 2.13. The van der Waals surface area contributed by atoms with Gasteiger partial charge in [-0.25, -0.2) is 22.7 Å². The van der Waals surface area contributed by atoms with E-state index in [2.05, 4.69) is 20.3 Å². The number of guanidine groups is 1. The minimum Gasteiger partial charge on any atom is -0.480 e. The number of hydrogen-bond donors (Lipinski definition) is 4. The Balaban J connectivity index is 1.92. The summed E-state index contributed by atoms with van der Waals surface area (Å²) in [4.78, 5) is 27.7. The van der Waals surface area contributed by atoms with Crippen LogP contribution >= 0.6 is 0 Å². The van der Waals surface area contributed by atoms with Gasteiger partial charge in [0.05, 0.1) is 4.90 Å². The first-order chi connectivity index (χ1) is 14.4. The number of nitrogens with one attached hydrogen (secondary N) is 3. The molecule has 172 valence electrons. The third kappa shape index (κ3) is 8.08. The van der Waals surface area contributed by atoms with Crippen LogP contribution in [0.3, 0.4) is 0 Å². The number of alkyl carbamates (subject to hydrolysis) is 1. The molecule has 11 heteroatoms. The molecule has 1 heterocycles. The highest BCUT2D eigenvalue weighted by atomic mass is 32.2. The summed E-state index contributed by atoms with van der Waals surface area (Å²) in [6.45, 7) is 7.32. The van der Waals surface area contributed by atoms with E-state index < -0.39 is 33.7 Å². The van der Waals surface area contributed by atoms with Crippen LogP contribution in [0.25, 0.3) is 0 Å². The van der Waals surface area contributed by atoms with Crippen molar-refractivity contribution in [2.75, 3.05) is 6.54 Å². The van der Waals surface area contributed by atoms with E-state index in [1.807, 2.05) is 6.92 Å². The molecule has 0 saturated heterocycles. The second-order valence-electron chi connectivity index (χ2n) is 8.39. The fraction of sp³-hybridized carbons (Fsp3) is 0.550. The first-order valence-electron chi connectivity index (χ1n) is 9.98. The van der Waals surface area contributed by atoms with E-state index in [1.54, 1.807) is 32.9 Å². The maximum absolute atomic E-state index is 12.5. The number of aryl methyl sites for hydroxylation is 1. The fourth-order valence-corrected chi connectivity index (χ4v) is 3.89. The van der Waals surface area contributed by atoms with Crippen LogP contribution in [0.1, 0.15) is 45.6 Å². The normalized spacial score (nSPS) is 17.7. The SMILES string of the molecule is Cc1ccc(S(=O)(=O)NC2=NCCC(CC[C@H](NC(=O)OC(C)(C)C)C(=O)O)N2)cc1. The Morgan fingerprint density at radius 3 is 2.52 bits per heavy atom. The number of nitrogens with zero attached hydrogens (tertiary/aromatic N) is 1. The minimum absolute atomic E-state index is 0.115. The summed E-state index contributed by atoms with van der Waals surface area (Å²) in [5.41, 5.74) is 0.207. The number of aliphatic carboxylic acids is 1. The zero-order chi connectivity index (χ0) is 23.2. The summed E-state index contributed by atoms with van der Waals surface area (Å²) in [6, 6.07) is 5.11. The Labute approximate surface area is 182 Å². The topological polar surface area (TPSA) is 146 Å². The van der Waals surface area contributed by atoms with E-state index in [9.17, 15) is 23.1 Å². The van der Waals surface area contributed by atoms with Gasteiger partial charge in [-0.05, 0) is 59.1 Å². The number of sulfonamides is 1. The summed E-state index contributed by atoms with van der Waals surface area (Å²) in [6.07, 6.45) is 0.334. The van der Waals surface area contributed by atoms with Crippen molar-refractivity contribution in [3.8, 4) is 0 Å². The van der Waals surface area contributed by atoms with Crippen LogP contribution in [-0.4, -0.2) is 55.8 Å². The Kier molecular flexibility index (Phi) is 7.88. The van der Waals surface area contributed by atoms with Crippen LogP contribution in [0, 0.1) is 6.92 Å². The van der Waals surface area contributed by atoms with Crippen LogP contribution in [0.15, 0.2) is 34.2 Å². The molecule has 0 radical (unpaired) electrons. The van der Waals surface area contributed by atoms with Crippen molar-refractivity contribution in [2.45, 2.75) is 69.5 Å². The number of amides is 1. The molecule has 1 amide bonds. The van der Waals surface area contributed by atoms with E-state index in [4.69, 9.17) is 4.74 Å². The number of ether oxygens (including phenoxy) is 1. The second kappa shape index (κ2) is 9.99. The second-order valence-corrected chi connectivity index (χ2v) is 10.1. The van der Waals surface area contributed by atoms with Gasteiger partial charge in [-0.2, -0.15) is 0 Å². The van der Waals surface area contributed by atoms with Gasteiger partial charge in [-0.15, -0.1) is 0 Å². The lowest BCUT2D eigenvalue weighted by molar-refractivity contribution is -0.139. The van der Waals surface area contributed by atoms with Crippen LogP contribution in [0.2, 0.25) is 0 Å². The highest BCUT2D eigenvalue weighted by Gasteiger charge is 2.26. The van der Waals surface area contributed by atoms with Gasteiger partial charge in [0.2, 0.25) is 5.96 Å². The molecule has 0 spiro atoms. The van der Waals surface area contributed by atoms with Crippen molar-refractivity contribution in [3.05, 3.63) is 29.8 Å². The van der Waals surface area contributed by atoms with Crippen LogP contribution in [0.4, 0.5) is 4.79 Å². The van der Waals surface area contributed by atoms with Gasteiger partial charge < -0.3 is 20.5 Å². The third-order valence-corrected chi connectivity index (χ3v) is 5.80. The van der Waals surface area contributed by atoms with E-state index in [0.29, 0.717) is 19.4 Å². The average Bonchev–Trinajstić information content (AvgIpc) is 2.63. The fourth-order valence-electron chi connectivity index (χ4n) is 2.90. The van der Waals surface area contributed by atoms with Gasteiger partial charge in [0, 0.05) is 12.6 Å². The van der Waals surface area contributed by atoms with Gasteiger partial charge in [-0.1, -0.05) is 17.7 Å². The van der Waals surface area contributed by atoms with Crippen molar-refractivity contribution in [2.24, 2.45) is 4.99 Å². The monoisotopic (exact) mass is 454 g/mol. The zero-order valence-electron chi connectivity index (χ0n) is 18.1. The number of rotatable bonds is 7. The molecule has 0 bridgehead atoms. The summed E-state index contributed by atoms with van der Waals surface area (Å²) in [5.74, 6) is -1.06. The minimum atomic E-state index is -3.79. The Hall–Kier alpha value is -2.82. The number of aliphatic imine (C=N–C) groups is 1. The quantitative estimate of drug-likeness (QED) is 0.491. The van der Waals surface area contributed by atoms with Crippen LogP contribution < -0.4 is 15.4 Å². The molecule has 0 aromatic heterocycles. The number of carbonyl (C=O) groups excluding carboxylic acids is 1. The molecule has 10 nitrogen and oxygen atoms in total. The maximum Gasteiger partial charge on any atom is 0.408 e. The van der Waals surface area contributed by atoms with E-state index >= 15 is 0 Å². The lowest BCUT2D eigenvalue weighted by Crippen LogP contribution is -2.49. The molecular formula is C20H30N4O6S. The number of carbonyl (C=O) groups is 2. The molecule has 0 fully saturated rings. The Morgan fingerprint density at radius 1 is 1.29 bits per heavy atom. The number of hydrogen-bond acceptors (Lipinski definition) is 7. The van der Waals surface area contributed by atoms with E-state index in [1.165, 1.54) is 12.1 Å². The molecular weight excluding hydrogens is 424 g/mol. The summed E-state index contributed by atoms with van der Waals surface area (Å²) in [7, 11) is -3.79. The smallest absolute Gasteiger partial charge is 0.408 e. The van der Waals surface area contributed by atoms with Crippen molar-refractivity contribution in [1.29, 1.82) is 0 Å². The highest BCUT2D eigenvalue weighted by molar-refractivity contribution is 7.90. The lowest BCUT2D eigenvalue weighted by atomic mass is 10.0. The molecule has 2 atom stereocenters. The Bertz CT molecular complexity index is 922. The predicted molar refractivity (Wildman–Crippen MR) is 115 cm³/mol.